The van der Waals surface area contributed by atoms with Crippen LogP contribution in [-0.4, -0.2) is 49.3 Å². The van der Waals surface area contributed by atoms with Gasteiger partial charge in [0.05, 0.1) is 13.2 Å². The Labute approximate surface area is 447 Å². The van der Waals surface area contributed by atoms with E-state index in [1.807, 2.05) is 0 Å². The second kappa shape index (κ2) is 57.7. The van der Waals surface area contributed by atoms with Gasteiger partial charge in [-0.1, -0.05) is 232 Å². The molecule has 0 saturated heterocycles. The van der Waals surface area contributed by atoms with Crippen molar-refractivity contribution in [1.82, 2.24) is 0 Å². The number of carbonyl (C=O) groups excluding carboxylic acids is 2. The minimum absolute atomic E-state index is 0.0460. The Bertz CT molecular complexity index is 1600. The highest BCUT2D eigenvalue weighted by molar-refractivity contribution is 7.47. The molecule has 0 heterocycles. The summed E-state index contributed by atoms with van der Waals surface area (Å²) >= 11 is 0. The Balaban J connectivity index is 4.00. The molecule has 73 heavy (non-hydrogen) atoms. The molecule has 0 saturated carbocycles. The molecule has 0 aromatic carbocycles. The lowest BCUT2D eigenvalue weighted by molar-refractivity contribution is -0.161. The van der Waals surface area contributed by atoms with Gasteiger partial charge in [0.15, 0.2) is 6.10 Å². The van der Waals surface area contributed by atoms with E-state index in [0.29, 0.717) is 6.42 Å². The topological polar surface area (TPSA) is 134 Å². The molecule has 0 aliphatic rings. The molecule has 0 amide bonds. The fourth-order valence-corrected chi connectivity index (χ4v) is 8.33. The Morgan fingerprint density at radius 1 is 0.425 bits per heavy atom. The lowest BCUT2D eigenvalue weighted by atomic mass is 10.0. The largest absolute Gasteiger partial charge is 0.472 e. The molecule has 0 rings (SSSR count). The van der Waals surface area contributed by atoms with Crippen molar-refractivity contribution in [2.24, 2.45) is 5.73 Å². The number of allylic oxidation sites excluding steroid dienone is 20. The van der Waals surface area contributed by atoms with Gasteiger partial charge in [-0.2, -0.15) is 0 Å². The highest BCUT2D eigenvalue weighted by Crippen LogP contribution is 2.43. The summed E-state index contributed by atoms with van der Waals surface area (Å²) in [6, 6.07) is 0. The summed E-state index contributed by atoms with van der Waals surface area (Å²) in [5, 5.41) is 0. The van der Waals surface area contributed by atoms with Crippen LogP contribution in [0, 0.1) is 0 Å². The Hall–Kier alpha value is -3.59. The van der Waals surface area contributed by atoms with E-state index in [2.05, 4.69) is 135 Å². The van der Waals surface area contributed by atoms with E-state index < -0.39 is 32.5 Å². The maximum absolute atomic E-state index is 12.7. The van der Waals surface area contributed by atoms with Crippen LogP contribution in [0.1, 0.15) is 232 Å². The standard InChI is InChI=1S/C63H106NO8P/c1-3-5-7-9-11-13-15-17-19-21-22-23-24-25-26-27-28-29-30-31-32-33-34-35-36-37-38-40-42-44-46-48-50-52-54-56-63(66)72-61(60-71-73(67,68)70-58-57-64)59-69-62(65)55-53-51-49-47-45-43-41-39-20-18-16-14-12-10-8-6-4-2/h5,7,11-14,17-20,22-23,25-26,28-29,31-32,34-35,61H,3-4,6,8-10,15-16,21,24,27,30,33,36-60,64H2,1-2H3,(H,67,68)/b7-5-,13-11-,14-12-,19-17-,20-18-,23-22-,26-25-,29-28-,32-31-,35-34-. The number of rotatable bonds is 53. The molecule has 2 atom stereocenters. The summed E-state index contributed by atoms with van der Waals surface area (Å²) in [6.45, 7) is 3.58. The van der Waals surface area contributed by atoms with E-state index in [0.717, 1.165) is 116 Å². The number of hydrogen-bond acceptors (Lipinski definition) is 8. The van der Waals surface area contributed by atoms with Crippen molar-refractivity contribution in [3.8, 4) is 0 Å². The summed E-state index contributed by atoms with van der Waals surface area (Å²) in [6.07, 6.45) is 79.6. The monoisotopic (exact) mass is 1040 g/mol. The number of esters is 2. The highest BCUT2D eigenvalue weighted by Gasteiger charge is 2.26. The van der Waals surface area contributed by atoms with Crippen LogP contribution < -0.4 is 5.73 Å². The number of carbonyl (C=O) groups is 2. The molecule has 0 spiro atoms. The first kappa shape index (κ1) is 69.4. The second-order valence-electron chi connectivity index (χ2n) is 18.8. The number of hydrogen-bond donors (Lipinski definition) is 2. The van der Waals surface area contributed by atoms with Gasteiger partial charge >= 0.3 is 19.8 Å². The Kier molecular flexibility index (Phi) is 54.8. The zero-order chi connectivity index (χ0) is 53.1. The van der Waals surface area contributed by atoms with Crippen molar-refractivity contribution >= 4 is 19.8 Å². The fourth-order valence-electron chi connectivity index (χ4n) is 7.56. The predicted molar refractivity (Wildman–Crippen MR) is 311 cm³/mol. The zero-order valence-electron chi connectivity index (χ0n) is 46.3. The minimum Gasteiger partial charge on any atom is -0.462 e. The molecule has 2 unspecified atom stereocenters. The van der Waals surface area contributed by atoms with Gasteiger partial charge in [-0.15, -0.1) is 0 Å². The van der Waals surface area contributed by atoms with Crippen LogP contribution in [0.25, 0.3) is 0 Å². The van der Waals surface area contributed by atoms with E-state index in [1.165, 1.54) is 83.5 Å². The SMILES string of the molecule is CC/C=C\C/C=C\C/C=C\C/C=C\C/C=C\C/C=C\C/C=C\C/C=C\CCCCCCCCCCCCC(=O)OC(COC(=O)CCCCCCCCC/C=C\C/C=C\CCCCC)COP(=O)(O)OCCN. The third kappa shape index (κ3) is 57.5. The van der Waals surface area contributed by atoms with Crippen molar-refractivity contribution in [2.75, 3.05) is 26.4 Å². The van der Waals surface area contributed by atoms with E-state index in [4.69, 9.17) is 24.3 Å². The maximum atomic E-state index is 12.7. The van der Waals surface area contributed by atoms with Crippen LogP contribution in [0.2, 0.25) is 0 Å². The van der Waals surface area contributed by atoms with E-state index in [-0.39, 0.29) is 32.6 Å². The molecule has 0 aromatic heterocycles. The average Bonchev–Trinajstić information content (AvgIpc) is 3.38. The molecule has 10 heteroatoms. The minimum atomic E-state index is -4.40. The molecular weight excluding hydrogens is 930 g/mol. The normalized spacial score (nSPS) is 14.0. The molecule has 0 aromatic rings. The van der Waals surface area contributed by atoms with Gasteiger partial charge in [0, 0.05) is 19.4 Å². The van der Waals surface area contributed by atoms with Crippen molar-refractivity contribution in [3.63, 3.8) is 0 Å². The summed E-state index contributed by atoms with van der Waals surface area (Å²) in [5.74, 6) is -0.847. The Morgan fingerprint density at radius 3 is 1.12 bits per heavy atom. The average molecular weight is 1040 g/mol. The van der Waals surface area contributed by atoms with Crippen LogP contribution >= 0.6 is 7.82 Å². The first-order valence-corrected chi connectivity index (χ1v) is 30.5. The van der Waals surface area contributed by atoms with Gasteiger partial charge in [0.25, 0.3) is 0 Å². The van der Waals surface area contributed by atoms with Crippen LogP contribution in [0.3, 0.4) is 0 Å². The maximum Gasteiger partial charge on any atom is 0.472 e. The number of phosphoric ester groups is 1. The van der Waals surface area contributed by atoms with Crippen LogP contribution in [0.15, 0.2) is 122 Å². The van der Waals surface area contributed by atoms with Gasteiger partial charge in [-0.3, -0.25) is 18.6 Å². The Morgan fingerprint density at radius 2 is 0.753 bits per heavy atom. The van der Waals surface area contributed by atoms with Gasteiger partial charge in [0.1, 0.15) is 6.61 Å². The quantitative estimate of drug-likeness (QED) is 0.0264. The van der Waals surface area contributed by atoms with Crippen LogP contribution in [0.5, 0.6) is 0 Å². The summed E-state index contributed by atoms with van der Waals surface area (Å²) in [4.78, 5) is 35.1. The lowest BCUT2D eigenvalue weighted by Gasteiger charge is -2.19. The van der Waals surface area contributed by atoms with E-state index in [9.17, 15) is 19.0 Å². The van der Waals surface area contributed by atoms with E-state index >= 15 is 0 Å². The van der Waals surface area contributed by atoms with Crippen LogP contribution in [0.4, 0.5) is 0 Å². The summed E-state index contributed by atoms with van der Waals surface area (Å²) in [7, 11) is -4.40. The molecule has 0 aliphatic carbocycles. The number of nitrogens with two attached hydrogens (primary N) is 1. The van der Waals surface area contributed by atoms with Crippen molar-refractivity contribution in [3.05, 3.63) is 122 Å². The van der Waals surface area contributed by atoms with Crippen molar-refractivity contribution in [2.45, 2.75) is 238 Å². The predicted octanol–water partition coefficient (Wildman–Crippen LogP) is 18.4. The van der Waals surface area contributed by atoms with Gasteiger partial charge in [0.2, 0.25) is 0 Å². The third-order valence-corrected chi connectivity index (χ3v) is 12.8. The van der Waals surface area contributed by atoms with Gasteiger partial charge in [-0.25, -0.2) is 4.57 Å². The second-order valence-corrected chi connectivity index (χ2v) is 20.2. The number of phosphoric acid groups is 1. The molecule has 0 radical (unpaired) electrons. The lowest BCUT2D eigenvalue weighted by Crippen LogP contribution is -2.29. The van der Waals surface area contributed by atoms with Crippen LogP contribution in [-0.2, 0) is 32.7 Å². The molecule has 416 valence electrons. The molecule has 0 aliphatic heterocycles. The molecule has 3 N–H and O–H groups in total. The number of ether oxygens (including phenoxy) is 2. The van der Waals surface area contributed by atoms with Crippen molar-refractivity contribution in [1.29, 1.82) is 0 Å². The van der Waals surface area contributed by atoms with E-state index in [1.54, 1.807) is 0 Å². The summed E-state index contributed by atoms with van der Waals surface area (Å²) < 4.78 is 33.0. The zero-order valence-corrected chi connectivity index (χ0v) is 47.2. The smallest absolute Gasteiger partial charge is 0.462 e. The van der Waals surface area contributed by atoms with Crippen molar-refractivity contribution < 1.29 is 37.6 Å². The molecule has 0 fully saturated rings. The van der Waals surface area contributed by atoms with Gasteiger partial charge < -0.3 is 20.1 Å². The molecule has 0 bridgehead atoms. The highest BCUT2D eigenvalue weighted by atomic mass is 31.2. The number of unbranched alkanes of at least 4 members (excludes halogenated alkanes) is 20. The molecular formula is C63H106NO8P. The summed E-state index contributed by atoms with van der Waals surface area (Å²) in [5.41, 5.74) is 5.38. The first-order valence-electron chi connectivity index (χ1n) is 29.0. The first-order chi connectivity index (χ1) is 35.8. The fraction of sp³-hybridized carbons (Fsp3) is 0.651. The molecule has 9 nitrogen and oxygen atoms in total. The van der Waals surface area contributed by atoms with Gasteiger partial charge in [-0.05, 0) is 109 Å². The third-order valence-electron chi connectivity index (χ3n) is 11.8.